The van der Waals surface area contributed by atoms with Crippen LogP contribution < -0.4 is 15.8 Å². The third-order valence-electron chi connectivity index (χ3n) is 10.5. The summed E-state index contributed by atoms with van der Waals surface area (Å²) >= 11 is 0. The van der Waals surface area contributed by atoms with Crippen LogP contribution in [0.5, 0.6) is 0 Å². The molecule has 2 atom stereocenters. The minimum atomic E-state index is -4.53. The van der Waals surface area contributed by atoms with Crippen LogP contribution in [0.4, 0.5) is 24.5 Å². The molecule has 2 aromatic heterocycles. The largest absolute Gasteiger partial charge is 0.416 e. The number of nitrogens with one attached hydrogen (secondary N) is 2. The zero-order valence-corrected chi connectivity index (χ0v) is 27.5. The summed E-state index contributed by atoms with van der Waals surface area (Å²) in [6, 6.07) is 13.8. The Bertz CT molecular complexity index is 1990. The van der Waals surface area contributed by atoms with Gasteiger partial charge >= 0.3 is 6.18 Å². The van der Waals surface area contributed by atoms with Crippen LogP contribution >= 0.6 is 0 Å². The fourth-order valence-corrected chi connectivity index (χ4v) is 7.73. The van der Waals surface area contributed by atoms with Crippen LogP contribution in [-0.2, 0) is 22.8 Å². The molecule has 2 N–H and O–H groups in total. The Labute approximate surface area is 286 Å². The molecule has 0 radical (unpaired) electrons. The quantitative estimate of drug-likeness (QED) is 0.302. The van der Waals surface area contributed by atoms with Crippen molar-refractivity contribution in [2.75, 3.05) is 49.6 Å². The highest BCUT2D eigenvalue weighted by atomic mass is 19.4. The van der Waals surface area contributed by atoms with Crippen molar-refractivity contribution in [2.45, 2.75) is 31.5 Å². The summed E-state index contributed by atoms with van der Waals surface area (Å²) in [6.45, 7) is 3.09. The smallest absolute Gasteiger partial charge is 0.338 e. The maximum Gasteiger partial charge on any atom is 0.416 e. The van der Waals surface area contributed by atoms with Crippen molar-refractivity contribution in [3.63, 3.8) is 0 Å². The number of rotatable bonds is 6. The zero-order valence-electron chi connectivity index (χ0n) is 27.5. The topological polar surface area (TPSA) is 112 Å². The van der Waals surface area contributed by atoms with Crippen LogP contribution in [0.1, 0.15) is 47.6 Å². The van der Waals surface area contributed by atoms with E-state index in [2.05, 4.69) is 49.0 Å². The van der Waals surface area contributed by atoms with E-state index in [0.717, 1.165) is 29.8 Å². The molecule has 50 heavy (non-hydrogen) atoms. The lowest BCUT2D eigenvalue weighted by Crippen LogP contribution is -2.43. The molecule has 2 aromatic carbocycles. The van der Waals surface area contributed by atoms with Crippen LogP contribution in [0.15, 0.2) is 73.3 Å². The molecule has 2 amide bonds. The molecular formula is C36H36F3N9O2. The molecule has 1 unspecified atom stereocenters. The number of amides is 2. The van der Waals surface area contributed by atoms with Gasteiger partial charge in [-0.25, -0.2) is 10.4 Å². The Morgan fingerprint density at radius 2 is 1.82 bits per heavy atom. The van der Waals surface area contributed by atoms with Gasteiger partial charge in [0.2, 0.25) is 11.8 Å². The second-order valence-electron chi connectivity index (χ2n) is 13.5. The normalized spacial score (nSPS) is 22.3. The van der Waals surface area contributed by atoms with E-state index in [4.69, 9.17) is 0 Å². The van der Waals surface area contributed by atoms with Crippen LogP contribution in [-0.4, -0.2) is 80.6 Å². The summed E-state index contributed by atoms with van der Waals surface area (Å²) in [4.78, 5) is 41.3. The number of carbonyl (C=O) groups is 2. The summed E-state index contributed by atoms with van der Waals surface area (Å²) in [5.74, 6) is 0.730. The first-order chi connectivity index (χ1) is 24.1. The molecule has 2 saturated heterocycles. The van der Waals surface area contributed by atoms with Crippen molar-refractivity contribution < 1.29 is 22.8 Å². The molecule has 4 aliphatic heterocycles. The van der Waals surface area contributed by atoms with Gasteiger partial charge in [0, 0.05) is 68.0 Å². The Kier molecular flexibility index (Phi) is 7.94. The van der Waals surface area contributed by atoms with Crippen LogP contribution in [0, 0.1) is 5.41 Å². The average Bonchev–Trinajstić information content (AvgIpc) is 3.92. The number of halogens is 3. The van der Waals surface area contributed by atoms with Gasteiger partial charge in [-0.2, -0.15) is 18.3 Å². The molecule has 2 fully saturated rings. The van der Waals surface area contributed by atoms with E-state index < -0.39 is 23.2 Å². The Morgan fingerprint density at radius 3 is 2.56 bits per heavy atom. The monoisotopic (exact) mass is 683 g/mol. The number of anilines is 2. The van der Waals surface area contributed by atoms with E-state index in [1.54, 1.807) is 28.0 Å². The molecule has 0 aliphatic carbocycles. The van der Waals surface area contributed by atoms with Crippen molar-refractivity contribution in [3.05, 3.63) is 95.6 Å². The van der Waals surface area contributed by atoms with Gasteiger partial charge in [-0.3, -0.25) is 24.2 Å². The van der Waals surface area contributed by atoms with Crippen molar-refractivity contribution in [3.8, 4) is 11.4 Å². The first-order valence-electron chi connectivity index (χ1n) is 16.7. The van der Waals surface area contributed by atoms with E-state index in [-0.39, 0.29) is 23.9 Å². The third kappa shape index (κ3) is 5.81. The minimum absolute atomic E-state index is 0.00406. The fourth-order valence-electron chi connectivity index (χ4n) is 7.73. The Balaban J connectivity index is 0.895. The predicted molar refractivity (Wildman–Crippen MR) is 180 cm³/mol. The summed E-state index contributed by atoms with van der Waals surface area (Å²) in [5, 5.41) is 4.36. The third-order valence-corrected chi connectivity index (χ3v) is 10.5. The lowest BCUT2D eigenvalue weighted by Gasteiger charge is -2.29. The molecule has 8 rings (SSSR count). The minimum Gasteiger partial charge on any atom is -0.338 e. The second-order valence-corrected chi connectivity index (χ2v) is 13.5. The summed E-state index contributed by atoms with van der Waals surface area (Å²) < 4.78 is 43.1. The van der Waals surface area contributed by atoms with E-state index in [9.17, 15) is 22.8 Å². The summed E-state index contributed by atoms with van der Waals surface area (Å²) in [7, 11) is 1.84. The van der Waals surface area contributed by atoms with Gasteiger partial charge in [0.05, 0.1) is 29.3 Å². The average molecular weight is 684 g/mol. The van der Waals surface area contributed by atoms with Crippen molar-refractivity contribution in [2.24, 2.45) is 12.5 Å². The van der Waals surface area contributed by atoms with Gasteiger partial charge < -0.3 is 15.2 Å². The highest BCUT2D eigenvalue weighted by Gasteiger charge is 2.51. The number of aromatic nitrogens is 4. The summed E-state index contributed by atoms with van der Waals surface area (Å²) in [6.07, 6.45) is 3.69. The zero-order chi connectivity index (χ0) is 34.6. The van der Waals surface area contributed by atoms with Crippen LogP contribution in [0.2, 0.25) is 0 Å². The van der Waals surface area contributed by atoms with Crippen LogP contribution in [0.25, 0.3) is 17.0 Å². The molecule has 4 aromatic rings. The van der Waals surface area contributed by atoms with E-state index >= 15 is 0 Å². The number of pyridine rings is 1. The number of fused-ring (bicyclic) bond motifs is 1. The van der Waals surface area contributed by atoms with Gasteiger partial charge in [0.1, 0.15) is 6.33 Å². The molecular weight excluding hydrogens is 647 g/mol. The van der Waals surface area contributed by atoms with Crippen molar-refractivity contribution in [1.29, 1.82) is 0 Å². The Hall–Kier alpha value is -5.08. The Morgan fingerprint density at radius 1 is 1.02 bits per heavy atom. The predicted octanol–water partition coefficient (Wildman–Crippen LogP) is 4.66. The first kappa shape index (κ1) is 32.1. The number of benzene rings is 2. The molecule has 258 valence electrons. The van der Waals surface area contributed by atoms with E-state index in [1.807, 2.05) is 30.1 Å². The SMILES string of the molecule is Cn1cnc(-c2ccc(C3=CCN(C(=O)CN4CC[C@]5(CCN(c6ccc7c(c6)C(c6cnccc6C(F)(F)F)NN7)C5=O)C4)CC3)cc2)n1. The molecule has 1 spiro atoms. The molecule has 6 heterocycles. The number of hydrogen-bond donors (Lipinski definition) is 2. The van der Waals surface area contributed by atoms with Gasteiger partial charge in [0.15, 0.2) is 5.82 Å². The van der Waals surface area contributed by atoms with E-state index in [0.29, 0.717) is 68.3 Å². The lowest BCUT2D eigenvalue weighted by atomic mass is 9.85. The highest BCUT2D eigenvalue weighted by molar-refractivity contribution is 6.00. The molecule has 11 nitrogen and oxygen atoms in total. The first-order valence-corrected chi connectivity index (χ1v) is 16.7. The maximum atomic E-state index is 14.0. The molecule has 14 heteroatoms. The highest BCUT2D eigenvalue weighted by Crippen LogP contribution is 2.45. The molecule has 0 bridgehead atoms. The van der Waals surface area contributed by atoms with Crippen molar-refractivity contribution >= 4 is 28.8 Å². The lowest BCUT2D eigenvalue weighted by molar-refractivity contribution is -0.138. The van der Waals surface area contributed by atoms with Crippen molar-refractivity contribution in [1.82, 2.24) is 35.0 Å². The maximum absolute atomic E-state index is 14.0. The van der Waals surface area contributed by atoms with E-state index in [1.165, 1.54) is 11.8 Å². The number of hydrogen-bond acceptors (Lipinski definition) is 8. The van der Waals surface area contributed by atoms with Crippen LogP contribution in [0.3, 0.4) is 0 Å². The van der Waals surface area contributed by atoms with Gasteiger partial charge in [-0.15, -0.1) is 0 Å². The number of hydrazine groups is 1. The number of carbonyl (C=O) groups excluding carboxylic acids is 2. The number of likely N-dealkylation sites (tertiary alicyclic amines) is 1. The number of nitrogens with zero attached hydrogens (tertiary/aromatic N) is 7. The summed E-state index contributed by atoms with van der Waals surface area (Å²) in [5.41, 5.74) is 9.79. The number of alkyl halides is 3. The number of aryl methyl sites for hydroxylation is 1. The van der Waals surface area contributed by atoms with Gasteiger partial charge in [-0.05, 0) is 61.2 Å². The standard InChI is InChI=1S/C36H36F3N9O2/c1-45-22-41-33(44-45)25-4-2-23(3-5-25)24-9-14-47(15-10-24)31(49)20-46-16-11-35(21-46)12-17-48(34(35)50)26-6-7-30-27(18-26)32(43-42-30)28-19-40-13-8-29(28)36(37,38)39/h2-9,13,18-19,22,32,42-43H,10-12,14-17,20-21H2,1H3/t32?,35-/m0/s1. The molecule has 0 saturated carbocycles. The van der Waals surface area contributed by atoms with Gasteiger partial charge in [0.25, 0.3) is 0 Å². The molecule has 4 aliphatic rings. The second kappa shape index (κ2) is 12.4. The fraction of sp³-hybridized carbons (Fsp3) is 0.361. The van der Waals surface area contributed by atoms with Gasteiger partial charge in [-0.1, -0.05) is 30.3 Å².